The number of nitrogens with two attached hydrogens (primary N) is 2. The second-order valence-corrected chi connectivity index (χ2v) is 3.58. The topological polar surface area (TPSA) is 59.7 Å². The van der Waals surface area contributed by atoms with Crippen LogP contribution in [0, 0.1) is 5.92 Å². The van der Waals surface area contributed by atoms with Gasteiger partial charge in [-0.05, 0) is 19.8 Å². The zero-order chi connectivity index (χ0) is 9.02. The maximum Gasteiger partial charge on any atom is 0.327 e. The van der Waals surface area contributed by atoms with Gasteiger partial charge < -0.3 is 5.73 Å². The van der Waals surface area contributed by atoms with Crippen molar-refractivity contribution in [1.82, 2.24) is 0 Å². The lowest BCUT2D eigenvalue weighted by molar-refractivity contribution is -0.599. The molecule has 0 aromatic rings. The number of primary amides is 1. The molecule has 0 saturated carbocycles. The highest BCUT2D eigenvalue weighted by Crippen LogP contribution is 1.95. The second-order valence-electron chi connectivity index (χ2n) is 3.58. The van der Waals surface area contributed by atoms with Crippen LogP contribution in [0.5, 0.6) is 0 Å². The Labute approximate surface area is 68.3 Å². The molecule has 0 heterocycles. The van der Waals surface area contributed by atoms with Crippen LogP contribution in [0.25, 0.3) is 0 Å². The van der Waals surface area contributed by atoms with Crippen molar-refractivity contribution in [2.75, 3.05) is 0 Å². The molecule has 3 heteroatoms. The van der Waals surface area contributed by atoms with E-state index in [1.807, 2.05) is 27.7 Å². The Balaban J connectivity index is 3.83. The molecular formula is C8H19N2O+. The van der Waals surface area contributed by atoms with Crippen molar-refractivity contribution in [3.8, 4) is 0 Å². The fourth-order valence-electron chi connectivity index (χ4n) is 0.768. The van der Waals surface area contributed by atoms with E-state index in [1.165, 1.54) is 0 Å². The van der Waals surface area contributed by atoms with E-state index in [0.717, 1.165) is 0 Å². The van der Waals surface area contributed by atoms with Crippen molar-refractivity contribution < 1.29 is 10.1 Å². The molecule has 0 aromatic heterocycles. The molecule has 3 nitrogen and oxygen atoms in total. The maximum atomic E-state index is 11.2. The molecule has 0 aliphatic carbocycles. The molecule has 66 valence electrons. The van der Waals surface area contributed by atoms with Crippen LogP contribution in [-0.4, -0.2) is 18.0 Å². The number of carbonyl (C=O) groups is 1. The average Bonchev–Trinajstić information content (AvgIpc) is 1.84. The van der Waals surface area contributed by atoms with Gasteiger partial charge in [0.15, 0.2) is 0 Å². The molecule has 1 amide bonds. The van der Waals surface area contributed by atoms with Crippen molar-refractivity contribution in [3.05, 3.63) is 0 Å². The number of hydrogen-bond donors (Lipinski definition) is 2. The van der Waals surface area contributed by atoms with Crippen molar-refractivity contribution >= 4 is 5.91 Å². The summed E-state index contributed by atoms with van der Waals surface area (Å²) in [5, 5.41) is 1.69. The smallest absolute Gasteiger partial charge is 0.316 e. The highest BCUT2D eigenvalue weighted by molar-refractivity contribution is 5.72. The van der Waals surface area contributed by atoms with Gasteiger partial charge in [-0.25, -0.2) is 4.79 Å². The molecule has 0 fully saturated rings. The van der Waals surface area contributed by atoms with Gasteiger partial charge in [-0.3, -0.25) is 5.32 Å². The third kappa shape index (κ3) is 4.11. The standard InChI is InChI=1S/C8H18N2O/c1-5(2)7(9)8(11)10-6(3)4/h5-7H,9H2,1-4H3,(H,10,11)/p+1/t7-/m1/s1. The summed E-state index contributed by atoms with van der Waals surface area (Å²) in [5.41, 5.74) is 5.63. The van der Waals surface area contributed by atoms with Crippen molar-refractivity contribution in [1.29, 1.82) is 0 Å². The van der Waals surface area contributed by atoms with Gasteiger partial charge in [0, 0.05) is 0 Å². The van der Waals surface area contributed by atoms with Gasteiger partial charge in [0.05, 0.1) is 6.04 Å². The van der Waals surface area contributed by atoms with Gasteiger partial charge in [-0.2, -0.15) is 0 Å². The van der Waals surface area contributed by atoms with Crippen LogP contribution in [-0.2, 0) is 4.79 Å². The Bertz CT molecular complexity index is 132. The number of carbonyl (C=O) groups excluding carboxylic acids is 1. The molecule has 0 radical (unpaired) electrons. The predicted octanol–water partition coefficient (Wildman–Crippen LogP) is -0.532. The lowest BCUT2D eigenvalue weighted by atomic mass is 10.0. The molecule has 0 aliphatic heterocycles. The predicted molar refractivity (Wildman–Crippen MR) is 44.9 cm³/mol. The summed E-state index contributed by atoms with van der Waals surface area (Å²) < 4.78 is 0. The third-order valence-corrected chi connectivity index (χ3v) is 1.54. The molecule has 0 spiro atoms. The lowest BCUT2D eigenvalue weighted by Crippen LogP contribution is -2.95. The van der Waals surface area contributed by atoms with Crippen LogP contribution in [0.2, 0.25) is 0 Å². The van der Waals surface area contributed by atoms with Crippen LogP contribution < -0.4 is 11.1 Å². The van der Waals surface area contributed by atoms with Crippen LogP contribution in [0.15, 0.2) is 0 Å². The monoisotopic (exact) mass is 159 g/mol. The molecule has 0 saturated heterocycles. The van der Waals surface area contributed by atoms with E-state index >= 15 is 0 Å². The quantitative estimate of drug-likeness (QED) is 0.581. The Kier molecular flexibility index (Phi) is 4.30. The summed E-state index contributed by atoms with van der Waals surface area (Å²) in [6, 6.07) is -0.0234. The SMILES string of the molecule is CC(C)[NH2+]C(=O)[C@H](N)C(C)C. The van der Waals surface area contributed by atoms with Crippen LogP contribution in [0.3, 0.4) is 0 Å². The normalized spacial score (nSPS) is 14.1. The van der Waals surface area contributed by atoms with E-state index in [4.69, 9.17) is 5.73 Å². The first kappa shape index (κ1) is 10.6. The minimum Gasteiger partial charge on any atom is -0.316 e. The second kappa shape index (κ2) is 4.46. The van der Waals surface area contributed by atoms with Gasteiger partial charge in [0.2, 0.25) is 0 Å². The lowest BCUT2D eigenvalue weighted by Gasteiger charge is -2.12. The van der Waals surface area contributed by atoms with E-state index in [1.54, 1.807) is 5.32 Å². The van der Waals surface area contributed by atoms with E-state index in [2.05, 4.69) is 0 Å². The fourth-order valence-corrected chi connectivity index (χ4v) is 0.768. The molecule has 0 bridgehead atoms. The summed E-state index contributed by atoms with van der Waals surface area (Å²) in [5.74, 6) is 0.299. The van der Waals surface area contributed by atoms with E-state index in [-0.39, 0.29) is 17.9 Å². The minimum absolute atomic E-state index is 0.0648. The van der Waals surface area contributed by atoms with E-state index < -0.39 is 0 Å². The molecule has 0 rings (SSSR count). The molecule has 0 aliphatic rings. The molecule has 1 atom stereocenters. The van der Waals surface area contributed by atoms with Gasteiger partial charge in [0.25, 0.3) is 0 Å². The van der Waals surface area contributed by atoms with Crippen molar-refractivity contribution in [2.45, 2.75) is 39.8 Å². The summed E-state index contributed by atoms with van der Waals surface area (Å²) >= 11 is 0. The van der Waals surface area contributed by atoms with Gasteiger partial charge in [0.1, 0.15) is 6.04 Å². The van der Waals surface area contributed by atoms with E-state index in [9.17, 15) is 4.79 Å². The molecular weight excluding hydrogens is 140 g/mol. The summed E-state index contributed by atoms with van der Waals surface area (Å²) in [6.45, 7) is 7.86. The first-order chi connectivity index (χ1) is 4.95. The van der Waals surface area contributed by atoms with Crippen LogP contribution in [0.4, 0.5) is 0 Å². The Morgan fingerprint density at radius 1 is 1.27 bits per heavy atom. The van der Waals surface area contributed by atoms with Crippen LogP contribution >= 0.6 is 0 Å². The highest BCUT2D eigenvalue weighted by atomic mass is 16.2. The Hall–Kier alpha value is -0.410. The number of quaternary nitrogens is 1. The van der Waals surface area contributed by atoms with Gasteiger partial charge in [-0.15, -0.1) is 0 Å². The molecule has 0 aromatic carbocycles. The van der Waals surface area contributed by atoms with Crippen molar-refractivity contribution in [3.63, 3.8) is 0 Å². The fraction of sp³-hybridized carbons (Fsp3) is 0.875. The number of amides is 1. The van der Waals surface area contributed by atoms with E-state index in [0.29, 0.717) is 6.04 Å². The van der Waals surface area contributed by atoms with Crippen molar-refractivity contribution in [2.24, 2.45) is 11.7 Å². The molecule has 11 heavy (non-hydrogen) atoms. The van der Waals surface area contributed by atoms with Gasteiger partial charge >= 0.3 is 5.91 Å². The number of hydrogen-bond acceptors (Lipinski definition) is 2. The third-order valence-electron chi connectivity index (χ3n) is 1.54. The molecule has 4 N–H and O–H groups in total. The minimum atomic E-state index is -0.322. The summed E-state index contributed by atoms with van der Waals surface area (Å²) in [7, 11) is 0. The summed E-state index contributed by atoms with van der Waals surface area (Å²) in [4.78, 5) is 11.2. The highest BCUT2D eigenvalue weighted by Gasteiger charge is 2.21. The maximum absolute atomic E-state index is 11.2. The Morgan fingerprint density at radius 3 is 2.00 bits per heavy atom. The zero-order valence-corrected chi connectivity index (χ0v) is 7.79. The Morgan fingerprint density at radius 2 is 1.73 bits per heavy atom. The largest absolute Gasteiger partial charge is 0.327 e. The average molecular weight is 159 g/mol. The summed E-state index contributed by atoms with van der Waals surface area (Å²) in [6.07, 6.45) is 0. The first-order valence-corrected chi connectivity index (χ1v) is 4.09. The first-order valence-electron chi connectivity index (χ1n) is 4.09. The van der Waals surface area contributed by atoms with Crippen LogP contribution in [0.1, 0.15) is 27.7 Å². The number of rotatable bonds is 3. The molecule has 0 unspecified atom stereocenters. The van der Waals surface area contributed by atoms with Gasteiger partial charge in [-0.1, -0.05) is 13.8 Å². The zero-order valence-electron chi connectivity index (χ0n) is 7.79.